The lowest BCUT2D eigenvalue weighted by Crippen LogP contribution is -2.39. The van der Waals surface area contributed by atoms with E-state index in [0.717, 1.165) is 18.2 Å². The zero-order valence-corrected chi connectivity index (χ0v) is 11.3. The molecule has 1 aliphatic rings. The van der Waals surface area contributed by atoms with Gasteiger partial charge in [-0.3, -0.25) is 0 Å². The predicted molar refractivity (Wildman–Crippen MR) is 68.4 cm³/mol. The van der Waals surface area contributed by atoms with Crippen molar-refractivity contribution in [1.29, 1.82) is 0 Å². The molecule has 15 heavy (non-hydrogen) atoms. The summed E-state index contributed by atoms with van der Waals surface area (Å²) < 4.78 is 0. The highest BCUT2D eigenvalue weighted by molar-refractivity contribution is 7.99. The van der Waals surface area contributed by atoms with Crippen molar-refractivity contribution in [2.75, 3.05) is 25.4 Å². The first-order valence-corrected chi connectivity index (χ1v) is 6.96. The Kier molecular flexibility index (Phi) is 4.94. The Balaban J connectivity index is 2.24. The predicted octanol–water partition coefficient (Wildman–Crippen LogP) is 2.22. The maximum absolute atomic E-state index is 9.95. The summed E-state index contributed by atoms with van der Waals surface area (Å²) in [7, 11) is 0. The molecule has 1 rings (SSSR count). The number of aliphatic hydroxyl groups is 1. The molecule has 0 radical (unpaired) electrons. The second-order valence-corrected chi connectivity index (χ2v) is 7.20. The van der Waals surface area contributed by atoms with Gasteiger partial charge in [0.05, 0.1) is 6.10 Å². The number of hydrogen-bond acceptors (Lipinski definition) is 3. The van der Waals surface area contributed by atoms with Gasteiger partial charge in [0.1, 0.15) is 0 Å². The quantitative estimate of drug-likeness (QED) is 0.805. The highest BCUT2D eigenvalue weighted by Crippen LogP contribution is 2.23. The van der Waals surface area contributed by atoms with E-state index in [1.807, 2.05) is 0 Å². The number of thioether (sulfide) groups is 1. The van der Waals surface area contributed by atoms with Gasteiger partial charge in [0.15, 0.2) is 0 Å². The molecule has 1 heterocycles. The van der Waals surface area contributed by atoms with E-state index in [1.165, 1.54) is 18.8 Å². The molecule has 0 amide bonds. The second-order valence-electron chi connectivity index (χ2n) is 5.65. The lowest BCUT2D eigenvalue weighted by atomic mass is 9.87. The van der Waals surface area contributed by atoms with Gasteiger partial charge in [-0.25, -0.2) is 0 Å². The number of aliphatic hydroxyl groups excluding tert-OH is 1. The van der Waals surface area contributed by atoms with Crippen molar-refractivity contribution in [2.24, 2.45) is 5.41 Å². The Hall–Kier alpha value is 0.270. The fourth-order valence-corrected chi connectivity index (χ4v) is 2.91. The van der Waals surface area contributed by atoms with E-state index in [1.54, 1.807) is 0 Å². The molecule has 1 N–H and O–H groups in total. The molecule has 0 aromatic rings. The highest BCUT2D eigenvalue weighted by Gasteiger charge is 2.23. The van der Waals surface area contributed by atoms with Gasteiger partial charge in [-0.05, 0) is 11.8 Å². The highest BCUT2D eigenvalue weighted by atomic mass is 32.2. The third-order valence-corrected chi connectivity index (χ3v) is 4.18. The first-order chi connectivity index (χ1) is 6.89. The third-order valence-electron chi connectivity index (χ3n) is 3.04. The number of nitrogens with zero attached hydrogens (tertiary/aromatic N) is 1. The van der Waals surface area contributed by atoms with E-state index < -0.39 is 0 Å². The maximum atomic E-state index is 9.95. The molecular weight excluding hydrogens is 206 g/mol. The molecule has 2 nitrogen and oxygen atoms in total. The van der Waals surface area contributed by atoms with E-state index in [4.69, 9.17) is 0 Å². The van der Waals surface area contributed by atoms with E-state index in [0.29, 0.717) is 0 Å². The summed E-state index contributed by atoms with van der Waals surface area (Å²) in [6.07, 6.45) is 0.725. The molecule has 0 aromatic carbocycles. The minimum Gasteiger partial charge on any atom is -0.393 e. The molecule has 2 atom stereocenters. The molecular formula is C12H25NOS. The van der Waals surface area contributed by atoms with Crippen molar-refractivity contribution in [3.8, 4) is 0 Å². The summed E-state index contributed by atoms with van der Waals surface area (Å²) in [5.41, 5.74) is 0.0240. The van der Waals surface area contributed by atoms with Crippen molar-refractivity contribution in [3.05, 3.63) is 0 Å². The van der Waals surface area contributed by atoms with Gasteiger partial charge in [0.25, 0.3) is 0 Å². The van der Waals surface area contributed by atoms with Crippen LogP contribution in [0.15, 0.2) is 0 Å². The summed E-state index contributed by atoms with van der Waals surface area (Å²) in [5.74, 6) is 1.24. The van der Waals surface area contributed by atoms with Crippen LogP contribution in [0.2, 0.25) is 0 Å². The normalized spacial score (nSPS) is 26.6. The second kappa shape index (κ2) is 5.55. The van der Waals surface area contributed by atoms with E-state index >= 15 is 0 Å². The smallest absolute Gasteiger partial charge is 0.0600 e. The average molecular weight is 231 g/mol. The van der Waals surface area contributed by atoms with Crippen LogP contribution < -0.4 is 0 Å². The summed E-state index contributed by atoms with van der Waals surface area (Å²) in [6.45, 7) is 12.0. The topological polar surface area (TPSA) is 23.5 Å². The standard InChI is InChI=1S/C12H25NOS/c1-10-9-13(7-8-15-10)6-5-11(14)12(2,3)4/h10-11,14H,5-9H2,1-4H3. The Morgan fingerprint density at radius 1 is 1.47 bits per heavy atom. The van der Waals surface area contributed by atoms with Crippen LogP contribution in [0, 0.1) is 5.41 Å². The lowest BCUT2D eigenvalue weighted by molar-refractivity contribution is 0.0460. The van der Waals surface area contributed by atoms with E-state index in [9.17, 15) is 5.11 Å². The van der Waals surface area contributed by atoms with Gasteiger partial charge in [-0.2, -0.15) is 11.8 Å². The largest absolute Gasteiger partial charge is 0.393 e. The molecule has 3 heteroatoms. The molecule has 1 fully saturated rings. The minimum absolute atomic E-state index is 0.0240. The van der Waals surface area contributed by atoms with E-state index in [2.05, 4.69) is 44.4 Å². The fourth-order valence-electron chi connectivity index (χ4n) is 1.83. The molecule has 0 aromatic heterocycles. The van der Waals surface area contributed by atoms with Crippen LogP contribution >= 0.6 is 11.8 Å². The van der Waals surface area contributed by atoms with Crippen molar-refractivity contribution >= 4 is 11.8 Å². The van der Waals surface area contributed by atoms with Crippen molar-refractivity contribution in [1.82, 2.24) is 4.90 Å². The molecule has 0 saturated carbocycles. The van der Waals surface area contributed by atoms with Crippen LogP contribution in [0.3, 0.4) is 0 Å². The van der Waals surface area contributed by atoms with Crippen molar-refractivity contribution in [3.63, 3.8) is 0 Å². The van der Waals surface area contributed by atoms with Crippen molar-refractivity contribution in [2.45, 2.75) is 45.5 Å². The van der Waals surface area contributed by atoms with Gasteiger partial charge in [-0.1, -0.05) is 27.7 Å². The van der Waals surface area contributed by atoms with Gasteiger partial charge >= 0.3 is 0 Å². The first-order valence-electron chi connectivity index (χ1n) is 5.91. The Morgan fingerprint density at radius 3 is 2.67 bits per heavy atom. The number of rotatable bonds is 3. The summed E-state index contributed by atoms with van der Waals surface area (Å²) in [6, 6.07) is 0. The summed E-state index contributed by atoms with van der Waals surface area (Å²) in [4.78, 5) is 2.48. The molecule has 1 saturated heterocycles. The molecule has 90 valence electrons. The SMILES string of the molecule is CC1CN(CCC(O)C(C)(C)C)CCS1. The molecule has 1 aliphatic heterocycles. The monoisotopic (exact) mass is 231 g/mol. The van der Waals surface area contributed by atoms with Crippen LogP contribution in [0.25, 0.3) is 0 Å². The Bertz CT molecular complexity index is 191. The summed E-state index contributed by atoms with van der Waals surface area (Å²) in [5, 5.41) is 10.7. The molecule has 0 bridgehead atoms. The third kappa shape index (κ3) is 4.75. The van der Waals surface area contributed by atoms with Crippen LogP contribution in [-0.4, -0.2) is 46.7 Å². The Labute approximate surface area is 98.4 Å². The molecule has 0 aliphatic carbocycles. The van der Waals surface area contributed by atoms with Crippen molar-refractivity contribution < 1.29 is 5.11 Å². The van der Waals surface area contributed by atoms with Gasteiger partial charge in [-0.15, -0.1) is 0 Å². The zero-order valence-electron chi connectivity index (χ0n) is 10.5. The average Bonchev–Trinajstić information content (AvgIpc) is 2.12. The van der Waals surface area contributed by atoms with Gasteiger partial charge in [0, 0.05) is 30.6 Å². The van der Waals surface area contributed by atoms with Crippen LogP contribution in [0.1, 0.15) is 34.1 Å². The minimum atomic E-state index is -0.178. The molecule has 2 unspecified atom stereocenters. The lowest BCUT2D eigenvalue weighted by Gasteiger charge is -2.33. The molecule has 0 spiro atoms. The van der Waals surface area contributed by atoms with Gasteiger partial charge in [0.2, 0.25) is 0 Å². The maximum Gasteiger partial charge on any atom is 0.0600 e. The van der Waals surface area contributed by atoms with Crippen LogP contribution in [-0.2, 0) is 0 Å². The zero-order chi connectivity index (χ0) is 11.5. The van der Waals surface area contributed by atoms with Gasteiger partial charge < -0.3 is 10.0 Å². The van der Waals surface area contributed by atoms with Crippen LogP contribution in [0.4, 0.5) is 0 Å². The first kappa shape index (κ1) is 13.3. The summed E-state index contributed by atoms with van der Waals surface area (Å²) >= 11 is 2.06. The van der Waals surface area contributed by atoms with Crippen LogP contribution in [0.5, 0.6) is 0 Å². The van der Waals surface area contributed by atoms with E-state index in [-0.39, 0.29) is 11.5 Å². The number of hydrogen-bond donors (Lipinski definition) is 1. The fraction of sp³-hybridized carbons (Fsp3) is 1.00. The Morgan fingerprint density at radius 2 is 2.13 bits per heavy atom.